The zero-order valence-corrected chi connectivity index (χ0v) is 14.1. The number of halogens is 2. The van der Waals surface area contributed by atoms with Gasteiger partial charge < -0.3 is 4.98 Å². The summed E-state index contributed by atoms with van der Waals surface area (Å²) < 4.78 is 0. The number of pyridine rings is 1. The van der Waals surface area contributed by atoms with Gasteiger partial charge in [-0.2, -0.15) is 0 Å². The van der Waals surface area contributed by atoms with Crippen molar-refractivity contribution in [1.82, 2.24) is 4.98 Å². The van der Waals surface area contributed by atoms with Crippen LogP contribution in [0.5, 0.6) is 0 Å². The van der Waals surface area contributed by atoms with Gasteiger partial charge in [-0.1, -0.05) is 35.3 Å². The van der Waals surface area contributed by atoms with Crippen LogP contribution in [0.1, 0.15) is 34.0 Å². The lowest BCUT2D eigenvalue weighted by molar-refractivity contribution is 0.0962. The molecule has 4 rings (SSSR count). The van der Waals surface area contributed by atoms with E-state index in [1.165, 1.54) is 0 Å². The number of aromatic amines is 1. The van der Waals surface area contributed by atoms with Gasteiger partial charge in [0.1, 0.15) is 0 Å². The fourth-order valence-corrected chi connectivity index (χ4v) is 3.67. The van der Waals surface area contributed by atoms with Crippen molar-refractivity contribution in [3.63, 3.8) is 0 Å². The van der Waals surface area contributed by atoms with Gasteiger partial charge in [0.05, 0.1) is 5.56 Å². The van der Waals surface area contributed by atoms with Gasteiger partial charge in [0, 0.05) is 33.1 Å². The second-order valence-electron chi connectivity index (χ2n) is 6.08. The lowest BCUT2D eigenvalue weighted by atomic mass is 9.81. The van der Waals surface area contributed by atoms with Crippen molar-refractivity contribution in [3.8, 4) is 0 Å². The second kappa shape index (κ2) is 5.76. The number of ketones is 1. The number of hydrogen-bond acceptors (Lipinski definition) is 2. The Kier molecular flexibility index (Phi) is 3.70. The minimum atomic E-state index is -0.235. The van der Waals surface area contributed by atoms with Gasteiger partial charge in [-0.15, -0.1) is 0 Å². The molecule has 2 aromatic carbocycles. The van der Waals surface area contributed by atoms with Gasteiger partial charge in [0.15, 0.2) is 5.78 Å². The molecule has 0 amide bonds. The summed E-state index contributed by atoms with van der Waals surface area (Å²) in [6.07, 6.45) is 0.945. The summed E-state index contributed by atoms with van der Waals surface area (Å²) in [4.78, 5) is 28.6. The highest BCUT2D eigenvalue weighted by molar-refractivity contribution is 6.31. The van der Waals surface area contributed by atoms with Crippen LogP contribution in [0.15, 0.2) is 47.3 Å². The molecule has 1 aromatic heterocycles. The third kappa shape index (κ3) is 2.54. The number of hydrogen-bond donors (Lipinski definition) is 1. The fraction of sp³-hybridized carbons (Fsp3) is 0.158. The van der Waals surface area contributed by atoms with E-state index in [1.807, 2.05) is 24.3 Å². The molecule has 1 aliphatic rings. The first kappa shape index (κ1) is 15.4. The number of Topliss-reactive ketones (excluding diaryl/α,β-unsaturated/α-hetero) is 1. The topological polar surface area (TPSA) is 49.9 Å². The number of aromatic nitrogens is 1. The van der Waals surface area contributed by atoms with Crippen molar-refractivity contribution < 1.29 is 4.79 Å². The molecule has 1 aliphatic carbocycles. The Labute approximate surface area is 148 Å². The Hall–Kier alpha value is -2.10. The van der Waals surface area contributed by atoms with Crippen LogP contribution in [0.4, 0.5) is 0 Å². The van der Waals surface area contributed by atoms with E-state index in [0.29, 0.717) is 39.5 Å². The van der Waals surface area contributed by atoms with E-state index in [-0.39, 0.29) is 22.7 Å². The first-order chi connectivity index (χ1) is 11.5. The van der Waals surface area contributed by atoms with E-state index in [1.54, 1.807) is 18.2 Å². The van der Waals surface area contributed by atoms with Crippen LogP contribution in [-0.4, -0.2) is 10.8 Å². The number of rotatable bonds is 1. The molecule has 0 radical (unpaired) electrons. The second-order valence-corrected chi connectivity index (χ2v) is 6.95. The number of H-pyrrole nitrogens is 1. The Bertz CT molecular complexity index is 1020. The monoisotopic (exact) mass is 357 g/mol. The molecule has 0 fully saturated rings. The first-order valence-electron chi connectivity index (χ1n) is 7.66. The van der Waals surface area contributed by atoms with Gasteiger partial charge in [0.25, 0.3) is 0 Å². The van der Waals surface area contributed by atoms with Crippen molar-refractivity contribution in [2.24, 2.45) is 0 Å². The number of benzene rings is 2. The molecule has 24 heavy (non-hydrogen) atoms. The van der Waals surface area contributed by atoms with E-state index in [4.69, 9.17) is 23.2 Å². The zero-order chi connectivity index (χ0) is 16.8. The maximum absolute atomic E-state index is 12.7. The molecular weight excluding hydrogens is 345 g/mol. The van der Waals surface area contributed by atoms with Crippen LogP contribution in [0.25, 0.3) is 10.9 Å². The van der Waals surface area contributed by atoms with E-state index in [9.17, 15) is 9.59 Å². The van der Waals surface area contributed by atoms with Crippen LogP contribution >= 0.6 is 23.2 Å². The quantitative estimate of drug-likeness (QED) is 0.683. The molecule has 0 saturated carbocycles. The summed E-state index contributed by atoms with van der Waals surface area (Å²) in [6.45, 7) is 0. The van der Waals surface area contributed by atoms with E-state index in [0.717, 1.165) is 5.56 Å². The predicted molar refractivity (Wildman–Crippen MR) is 96.4 cm³/mol. The number of fused-ring (bicyclic) bond motifs is 2. The first-order valence-corrected chi connectivity index (χ1v) is 8.41. The van der Waals surface area contributed by atoms with Gasteiger partial charge >= 0.3 is 0 Å². The van der Waals surface area contributed by atoms with Gasteiger partial charge in [-0.25, -0.2) is 0 Å². The minimum Gasteiger partial charge on any atom is -0.358 e. The molecule has 3 nitrogen and oxygen atoms in total. The average Bonchev–Trinajstić information content (AvgIpc) is 2.56. The molecule has 0 aliphatic heterocycles. The van der Waals surface area contributed by atoms with E-state index < -0.39 is 0 Å². The van der Waals surface area contributed by atoms with E-state index in [2.05, 4.69) is 4.98 Å². The zero-order valence-electron chi connectivity index (χ0n) is 12.6. The lowest BCUT2D eigenvalue weighted by Crippen LogP contribution is -2.27. The lowest BCUT2D eigenvalue weighted by Gasteiger charge is -2.24. The van der Waals surface area contributed by atoms with Crippen LogP contribution in [0.3, 0.4) is 0 Å². The molecule has 1 heterocycles. The molecule has 1 N–H and O–H groups in total. The standard InChI is InChI=1S/C19H13Cl2NO2/c20-12-3-1-10(2-4-12)11-7-16-18(17(23)8-11)19(24)14-9-13(21)5-6-15(14)22-16/h1-6,9,11H,7-8H2,(H,22,24). The fourth-order valence-electron chi connectivity index (χ4n) is 3.37. The molecule has 120 valence electrons. The van der Waals surface area contributed by atoms with Crippen molar-refractivity contribution in [2.75, 3.05) is 0 Å². The summed E-state index contributed by atoms with van der Waals surface area (Å²) in [5, 5.41) is 1.60. The van der Waals surface area contributed by atoms with E-state index >= 15 is 0 Å². The molecule has 5 heteroatoms. The summed E-state index contributed by atoms with van der Waals surface area (Å²) in [6, 6.07) is 12.6. The van der Waals surface area contributed by atoms with Crippen molar-refractivity contribution in [1.29, 1.82) is 0 Å². The molecule has 0 bridgehead atoms. The Morgan fingerprint density at radius 3 is 2.38 bits per heavy atom. The molecule has 0 saturated heterocycles. The largest absolute Gasteiger partial charge is 0.358 e. The Balaban J connectivity index is 1.84. The number of carbonyl (C=O) groups excluding carboxylic acids is 1. The van der Waals surface area contributed by atoms with Crippen molar-refractivity contribution >= 4 is 39.9 Å². The molecular formula is C19H13Cl2NO2. The van der Waals surface area contributed by atoms with Gasteiger partial charge in [-0.05, 0) is 48.2 Å². The summed E-state index contributed by atoms with van der Waals surface area (Å²) in [5.74, 6) is -0.0815. The minimum absolute atomic E-state index is 0.0441. The van der Waals surface area contributed by atoms with Gasteiger partial charge in [-0.3, -0.25) is 9.59 Å². The highest BCUT2D eigenvalue weighted by atomic mass is 35.5. The maximum atomic E-state index is 12.7. The highest BCUT2D eigenvalue weighted by Gasteiger charge is 2.29. The van der Waals surface area contributed by atoms with Gasteiger partial charge in [0.2, 0.25) is 5.43 Å². The smallest absolute Gasteiger partial charge is 0.200 e. The summed E-state index contributed by atoms with van der Waals surface area (Å²) in [7, 11) is 0. The third-order valence-corrected chi connectivity index (χ3v) is 5.03. The highest BCUT2D eigenvalue weighted by Crippen LogP contribution is 2.32. The third-order valence-electron chi connectivity index (χ3n) is 4.54. The molecule has 3 aromatic rings. The predicted octanol–water partition coefficient (Wildman–Crippen LogP) is 4.75. The molecule has 1 unspecified atom stereocenters. The van der Waals surface area contributed by atoms with Crippen molar-refractivity contribution in [2.45, 2.75) is 18.8 Å². The average molecular weight is 358 g/mol. The molecule has 1 atom stereocenters. The number of nitrogens with one attached hydrogen (secondary N) is 1. The van der Waals surface area contributed by atoms with Crippen LogP contribution in [0.2, 0.25) is 10.0 Å². The Morgan fingerprint density at radius 2 is 1.62 bits per heavy atom. The normalized spacial score (nSPS) is 17.1. The number of carbonyl (C=O) groups is 1. The molecule has 0 spiro atoms. The van der Waals surface area contributed by atoms with Crippen molar-refractivity contribution in [3.05, 3.63) is 79.6 Å². The Morgan fingerprint density at radius 1 is 0.917 bits per heavy atom. The summed E-state index contributed by atoms with van der Waals surface area (Å²) >= 11 is 11.9. The SMILES string of the molecule is O=C1CC(c2ccc(Cl)cc2)Cc2[nH]c3ccc(Cl)cc3c(=O)c21. The van der Waals surface area contributed by atoms with Crippen LogP contribution in [-0.2, 0) is 6.42 Å². The summed E-state index contributed by atoms with van der Waals surface area (Å²) in [5.41, 5.74) is 2.49. The maximum Gasteiger partial charge on any atom is 0.200 e. The van der Waals surface area contributed by atoms with Crippen LogP contribution in [0, 0.1) is 0 Å². The van der Waals surface area contributed by atoms with Crippen LogP contribution < -0.4 is 5.43 Å².